The third-order valence-corrected chi connectivity index (χ3v) is 6.61. The van der Waals surface area contributed by atoms with Gasteiger partial charge in [0.2, 0.25) is 0 Å². The molecular weight excluding hydrogens is 482 g/mol. The van der Waals surface area contributed by atoms with E-state index < -0.39 is 17.7 Å². The summed E-state index contributed by atoms with van der Waals surface area (Å²) < 4.78 is 11.5. The second kappa shape index (κ2) is 9.94. The van der Waals surface area contributed by atoms with Crippen molar-refractivity contribution in [3.05, 3.63) is 89.0 Å². The van der Waals surface area contributed by atoms with Crippen molar-refractivity contribution >= 4 is 28.8 Å². The van der Waals surface area contributed by atoms with E-state index in [1.165, 1.54) is 4.90 Å². The number of hydrogen-bond acceptors (Lipinski definition) is 7. The minimum Gasteiger partial charge on any atom is -0.507 e. The summed E-state index contributed by atoms with van der Waals surface area (Å²) in [5.74, 6) is -0.486. The zero-order valence-electron chi connectivity index (χ0n) is 21.3. The molecule has 2 heterocycles. The van der Waals surface area contributed by atoms with Crippen molar-refractivity contribution in [3.8, 4) is 17.6 Å². The van der Waals surface area contributed by atoms with Gasteiger partial charge in [0.15, 0.2) is 0 Å². The van der Waals surface area contributed by atoms with Crippen LogP contribution in [-0.2, 0) is 9.59 Å². The number of likely N-dealkylation sites (N-methyl/N-ethyl adjacent to an activating group) is 1. The number of aliphatic hydroxyl groups is 1. The second-order valence-corrected chi connectivity index (χ2v) is 9.52. The summed E-state index contributed by atoms with van der Waals surface area (Å²) in [5.41, 5.74) is 2.67. The van der Waals surface area contributed by atoms with Gasteiger partial charge in [-0.2, -0.15) is 5.26 Å². The molecule has 3 aromatic rings. The van der Waals surface area contributed by atoms with E-state index in [0.717, 1.165) is 5.69 Å². The van der Waals surface area contributed by atoms with Crippen molar-refractivity contribution in [1.29, 1.82) is 5.26 Å². The van der Waals surface area contributed by atoms with E-state index in [1.54, 1.807) is 66.7 Å². The van der Waals surface area contributed by atoms with E-state index in [2.05, 4.69) is 6.07 Å². The average molecular weight is 510 g/mol. The van der Waals surface area contributed by atoms with Crippen LogP contribution in [0.15, 0.2) is 72.3 Å². The molecule has 8 heteroatoms. The minimum absolute atomic E-state index is 0.0174. The highest BCUT2D eigenvalue weighted by Crippen LogP contribution is 2.43. The first-order valence-corrected chi connectivity index (χ1v) is 12.3. The van der Waals surface area contributed by atoms with Gasteiger partial charge in [0.25, 0.3) is 11.7 Å². The molecule has 0 aromatic heterocycles. The maximum atomic E-state index is 13.5. The Bertz CT molecular complexity index is 1470. The van der Waals surface area contributed by atoms with Crippen LogP contribution in [0.25, 0.3) is 5.76 Å². The van der Waals surface area contributed by atoms with Crippen molar-refractivity contribution in [2.45, 2.75) is 26.0 Å². The molecule has 2 aliphatic rings. The molecule has 0 saturated carbocycles. The summed E-state index contributed by atoms with van der Waals surface area (Å²) in [6.45, 7) is 5.09. The van der Waals surface area contributed by atoms with E-state index in [9.17, 15) is 20.0 Å². The molecule has 0 bridgehead atoms. The van der Waals surface area contributed by atoms with E-state index in [4.69, 9.17) is 9.47 Å². The lowest BCUT2D eigenvalue weighted by atomic mass is 9.94. The van der Waals surface area contributed by atoms with E-state index in [0.29, 0.717) is 47.0 Å². The van der Waals surface area contributed by atoms with E-state index in [1.807, 2.05) is 25.8 Å². The quantitative estimate of drug-likeness (QED) is 0.299. The lowest BCUT2D eigenvalue weighted by molar-refractivity contribution is -0.132. The van der Waals surface area contributed by atoms with Crippen LogP contribution in [0.5, 0.6) is 11.5 Å². The Hall–Kier alpha value is -4.77. The van der Waals surface area contributed by atoms with Gasteiger partial charge in [-0.15, -0.1) is 0 Å². The number of ketones is 1. The van der Waals surface area contributed by atoms with Crippen molar-refractivity contribution in [2.24, 2.45) is 0 Å². The highest BCUT2D eigenvalue weighted by molar-refractivity contribution is 6.51. The Kier molecular flexibility index (Phi) is 6.52. The van der Waals surface area contributed by atoms with Crippen molar-refractivity contribution in [2.75, 3.05) is 30.0 Å². The monoisotopic (exact) mass is 509 g/mol. The first-order chi connectivity index (χ1) is 18.3. The molecule has 0 aliphatic carbocycles. The molecule has 3 aromatic carbocycles. The fourth-order valence-electron chi connectivity index (χ4n) is 4.77. The van der Waals surface area contributed by atoms with Gasteiger partial charge in [0, 0.05) is 18.3 Å². The SMILES string of the molecule is CC(C)Oc1ccc(C2/C(=C(/O)c3ccc4c(c3)N(C)CCO4)C(=O)C(=O)N2c2ccc(C#N)cc2)cc1. The first-order valence-electron chi connectivity index (χ1n) is 12.3. The lowest BCUT2D eigenvalue weighted by Crippen LogP contribution is -2.29. The summed E-state index contributed by atoms with van der Waals surface area (Å²) in [7, 11) is 1.93. The highest BCUT2D eigenvalue weighted by atomic mass is 16.5. The third-order valence-electron chi connectivity index (χ3n) is 6.61. The number of carbonyl (C=O) groups is 2. The summed E-state index contributed by atoms with van der Waals surface area (Å²) in [6.07, 6.45) is -0.0174. The number of fused-ring (bicyclic) bond motifs is 1. The average Bonchev–Trinajstić information content (AvgIpc) is 3.18. The Morgan fingerprint density at radius 3 is 2.45 bits per heavy atom. The molecule has 192 valence electrons. The van der Waals surface area contributed by atoms with Gasteiger partial charge in [-0.25, -0.2) is 0 Å². The minimum atomic E-state index is -0.888. The maximum Gasteiger partial charge on any atom is 0.300 e. The molecule has 5 rings (SSSR count). The smallest absolute Gasteiger partial charge is 0.300 e. The number of Topliss-reactive ketones (excluding diaryl/α,β-unsaturated/α-hetero) is 1. The summed E-state index contributed by atoms with van der Waals surface area (Å²) in [6, 6.07) is 19.9. The van der Waals surface area contributed by atoms with Gasteiger partial charge in [0.1, 0.15) is 23.9 Å². The molecule has 0 radical (unpaired) electrons. The van der Waals surface area contributed by atoms with E-state index >= 15 is 0 Å². The molecule has 2 aliphatic heterocycles. The standard InChI is InChI=1S/C30H27N3O5/c1-18(2)38-23-11-6-20(7-12-23)27-26(28(34)21-8-13-25-24(16-21)32(3)14-15-37-25)29(35)30(36)33(27)22-9-4-19(17-31)5-10-22/h4-13,16,18,27,34H,14-15H2,1-3H3/b28-26-. The maximum absolute atomic E-state index is 13.5. The van der Waals surface area contributed by atoms with Gasteiger partial charge < -0.3 is 19.5 Å². The number of amides is 1. The van der Waals surface area contributed by atoms with Crippen molar-refractivity contribution < 1.29 is 24.2 Å². The van der Waals surface area contributed by atoms with Crippen LogP contribution in [0.3, 0.4) is 0 Å². The Balaban J connectivity index is 1.66. The predicted molar refractivity (Wildman–Crippen MR) is 143 cm³/mol. The molecule has 1 N–H and O–H groups in total. The van der Waals surface area contributed by atoms with E-state index in [-0.39, 0.29) is 17.4 Å². The van der Waals surface area contributed by atoms with Gasteiger partial charge >= 0.3 is 0 Å². The van der Waals surface area contributed by atoms with Crippen molar-refractivity contribution in [1.82, 2.24) is 0 Å². The van der Waals surface area contributed by atoms with Crippen LogP contribution < -0.4 is 19.3 Å². The molecule has 1 fully saturated rings. The molecule has 1 unspecified atom stereocenters. The molecule has 0 spiro atoms. The fraction of sp³-hybridized carbons (Fsp3) is 0.233. The van der Waals surface area contributed by atoms with Crippen LogP contribution in [0.2, 0.25) is 0 Å². The van der Waals surface area contributed by atoms with Gasteiger partial charge in [-0.1, -0.05) is 12.1 Å². The largest absolute Gasteiger partial charge is 0.507 e. The van der Waals surface area contributed by atoms with Crippen molar-refractivity contribution in [3.63, 3.8) is 0 Å². The topological polar surface area (TPSA) is 103 Å². The van der Waals surface area contributed by atoms with Gasteiger partial charge in [0.05, 0.1) is 41.6 Å². The van der Waals surface area contributed by atoms with Crippen LogP contribution in [0, 0.1) is 11.3 Å². The van der Waals surface area contributed by atoms with Crippen LogP contribution in [-0.4, -0.2) is 43.1 Å². The molecule has 1 saturated heterocycles. The molecular formula is C30H27N3O5. The number of rotatable bonds is 5. The number of carbonyl (C=O) groups excluding carboxylic acids is 2. The third kappa shape index (κ3) is 4.43. The number of benzene rings is 3. The lowest BCUT2D eigenvalue weighted by Gasteiger charge is -2.28. The normalized spacial score (nSPS) is 18.2. The number of ether oxygens (including phenoxy) is 2. The van der Waals surface area contributed by atoms with Gasteiger partial charge in [-0.05, 0) is 74.0 Å². The summed E-state index contributed by atoms with van der Waals surface area (Å²) in [5, 5.41) is 20.7. The van der Waals surface area contributed by atoms with Crippen LogP contribution in [0.4, 0.5) is 11.4 Å². The summed E-state index contributed by atoms with van der Waals surface area (Å²) >= 11 is 0. The Labute approximate surface area is 220 Å². The molecule has 8 nitrogen and oxygen atoms in total. The zero-order valence-corrected chi connectivity index (χ0v) is 21.3. The molecule has 1 amide bonds. The number of nitriles is 1. The highest BCUT2D eigenvalue weighted by Gasteiger charge is 2.47. The number of aliphatic hydroxyl groups excluding tert-OH is 1. The second-order valence-electron chi connectivity index (χ2n) is 9.52. The molecule has 1 atom stereocenters. The van der Waals surface area contributed by atoms with Crippen LogP contribution in [0.1, 0.15) is 36.6 Å². The first kappa shape index (κ1) is 24.9. The Morgan fingerprint density at radius 1 is 1.08 bits per heavy atom. The fourth-order valence-corrected chi connectivity index (χ4v) is 4.77. The summed E-state index contributed by atoms with van der Waals surface area (Å²) in [4.78, 5) is 30.2. The molecule has 38 heavy (non-hydrogen) atoms. The zero-order chi connectivity index (χ0) is 27.0. The Morgan fingerprint density at radius 2 is 1.79 bits per heavy atom. The number of hydrogen-bond donors (Lipinski definition) is 1. The van der Waals surface area contributed by atoms with Gasteiger partial charge in [-0.3, -0.25) is 14.5 Å². The predicted octanol–water partition coefficient (Wildman–Crippen LogP) is 4.80. The van der Waals surface area contributed by atoms with Crippen LogP contribution >= 0.6 is 0 Å². The number of nitrogens with zero attached hydrogens (tertiary/aromatic N) is 3. The number of anilines is 2.